The molecule has 27 heavy (non-hydrogen) atoms. The zero-order valence-corrected chi connectivity index (χ0v) is 15.8. The van der Waals surface area contributed by atoms with Gasteiger partial charge in [0.05, 0.1) is 18.7 Å². The number of rotatable bonds is 7. The number of halogens is 1. The number of aromatic nitrogens is 2. The maximum Gasteiger partial charge on any atom is 0.240 e. The standard InChI is InChI=1S/C20H24FN3O3/c1-5-12-8-22-20(18-15(12)7-13(9-25)19(24-18)26-4)27-10-16-14(6-2)17(21)11(3)23-16/h7-9,14,16-17,23H,3,5-6,10H2,1-2,4H3. The van der Waals surface area contributed by atoms with Gasteiger partial charge >= 0.3 is 0 Å². The fourth-order valence-electron chi connectivity index (χ4n) is 3.53. The van der Waals surface area contributed by atoms with E-state index in [2.05, 4.69) is 21.9 Å². The van der Waals surface area contributed by atoms with E-state index < -0.39 is 6.17 Å². The van der Waals surface area contributed by atoms with E-state index >= 15 is 0 Å². The fraction of sp³-hybridized carbons (Fsp3) is 0.450. The first-order chi connectivity index (χ1) is 13.0. The van der Waals surface area contributed by atoms with E-state index in [0.29, 0.717) is 35.4 Å². The van der Waals surface area contributed by atoms with Gasteiger partial charge in [-0.1, -0.05) is 20.4 Å². The Hall–Kier alpha value is -2.70. The summed E-state index contributed by atoms with van der Waals surface area (Å²) in [6, 6.07) is 1.56. The molecule has 2 aromatic rings. The maximum atomic E-state index is 14.2. The molecule has 1 N–H and O–H groups in total. The van der Waals surface area contributed by atoms with E-state index in [-0.39, 0.29) is 24.4 Å². The second kappa shape index (κ2) is 7.90. The Morgan fingerprint density at radius 2 is 2.15 bits per heavy atom. The number of allylic oxidation sites excluding steroid dienone is 1. The third-order valence-corrected chi connectivity index (χ3v) is 5.07. The third-order valence-electron chi connectivity index (χ3n) is 5.07. The summed E-state index contributed by atoms with van der Waals surface area (Å²) >= 11 is 0. The molecule has 2 aromatic heterocycles. The Morgan fingerprint density at radius 3 is 2.78 bits per heavy atom. The molecule has 1 fully saturated rings. The Balaban J connectivity index is 1.95. The van der Waals surface area contributed by atoms with Gasteiger partial charge in [0, 0.05) is 23.2 Å². The molecule has 0 bridgehead atoms. The van der Waals surface area contributed by atoms with Crippen LogP contribution in [0, 0.1) is 5.92 Å². The number of aryl methyl sites for hydroxylation is 1. The van der Waals surface area contributed by atoms with Crippen LogP contribution in [0.15, 0.2) is 24.5 Å². The highest BCUT2D eigenvalue weighted by atomic mass is 19.1. The first kappa shape index (κ1) is 19.1. The number of pyridine rings is 2. The molecule has 0 aliphatic carbocycles. The summed E-state index contributed by atoms with van der Waals surface area (Å²) in [5.74, 6) is 0.366. The van der Waals surface area contributed by atoms with Crippen molar-refractivity contribution in [2.45, 2.75) is 38.9 Å². The summed E-state index contributed by atoms with van der Waals surface area (Å²) in [6.07, 6.45) is 2.77. The lowest BCUT2D eigenvalue weighted by atomic mass is 9.96. The molecule has 3 heterocycles. The molecule has 0 radical (unpaired) electrons. The second-order valence-corrected chi connectivity index (χ2v) is 6.60. The minimum atomic E-state index is -1.08. The summed E-state index contributed by atoms with van der Waals surface area (Å²) in [5, 5.41) is 3.87. The van der Waals surface area contributed by atoms with Crippen molar-refractivity contribution in [1.29, 1.82) is 0 Å². The van der Waals surface area contributed by atoms with Crippen LogP contribution in [0.2, 0.25) is 0 Å². The van der Waals surface area contributed by atoms with Crippen LogP contribution in [-0.4, -0.2) is 42.2 Å². The number of carbonyl (C=O) groups is 1. The van der Waals surface area contributed by atoms with Gasteiger partial charge in [-0.2, -0.15) is 0 Å². The van der Waals surface area contributed by atoms with Crippen LogP contribution >= 0.6 is 0 Å². The number of hydrogen-bond donors (Lipinski definition) is 1. The summed E-state index contributed by atoms with van der Waals surface area (Å²) in [6.45, 7) is 7.92. The lowest BCUT2D eigenvalue weighted by Gasteiger charge is -2.19. The molecule has 0 amide bonds. The van der Waals surface area contributed by atoms with Gasteiger partial charge in [0.25, 0.3) is 0 Å². The van der Waals surface area contributed by atoms with Crippen LogP contribution in [0.25, 0.3) is 10.9 Å². The molecule has 1 aliphatic heterocycles. The van der Waals surface area contributed by atoms with Crippen molar-refractivity contribution in [3.05, 3.63) is 35.7 Å². The zero-order chi connectivity index (χ0) is 19.6. The number of aldehydes is 1. The van der Waals surface area contributed by atoms with Gasteiger partial charge in [0.15, 0.2) is 6.29 Å². The van der Waals surface area contributed by atoms with Crippen molar-refractivity contribution < 1.29 is 18.7 Å². The van der Waals surface area contributed by atoms with Crippen molar-refractivity contribution in [2.75, 3.05) is 13.7 Å². The molecular weight excluding hydrogens is 349 g/mol. The first-order valence-electron chi connectivity index (χ1n) is 9.07. The zero-order valence-electron chi connectivity index (χ0n) is 15.8. The summed E-state index contributed by atoms with van der Waals surface area (Å²) in [7, 11) is 1.46. The summed E-state index contributed by atoms with van der Waals surface area (Å²) < 4.78 is 25.3. The van der Waals surface area contributed by atoms with Gasteiger partial charge in [-0.05, 0) is 24.5 Å². The minimum absolute atomic E-state index is 0.184. The van der Waals surface area contributed by atoms with Crippen molar-refractivity contribution in [1.82, 2.24) is 15.3 Å². The predicted molar refractivity (Wildman–Crippen MR) is 101 cm³/mol. The molecule has 3 atom stereocenters. The number of methoxy groups -OCH3 is 1. The highest BCUT2D eigenvalue weighted by molar-refractivity contribution is 5.92. The number of fused-ring (bicyclic) bond motifs is 1. The summed E-state index contributed by atoms with van der Waals surface area (Å²) in [5.41, 5.74) is 2.25. The van der Waals surface area contributed by atoms with E-state index in [9.17, 15) is 9.18 Å². The van der Waals surface area contributed by atoms with Crippen molar-refractivity contribution in [2.24, 2.45) is 5.92 Å². The Kier molecular flexibility index (Phi) is 5.58. The Morgan fingerprint density at radius 1 is 1.37 bits per heavy atom. The SMILES string of the molecule is C=C1NC(COc2ncc(CC)c3cc(C=O)c(OC)nc23)C(CC)C1F. The molecule has 6 nitrogen and oxygen atoms in total. The monoisotopic (exact) mass is 373 g/mol. The molecule has 1 saturated heterocycles. The topological polar surface area (TPSA) is 73.3 Å². The van der Waals surface area contributed by atoms with E-state index in [0.717, 1.165) is 17.4 Å². The van der Waals surface area contributed by atoms with Crippen molar-refractivity contribution in [3.63, 3.8) is 0 Å². The highest BCUT2D eigenvalue weighted by Gasteiger charge is 2.38. The van der Waals surface area contributed by atoms with Crippen molar-refractivity contribution >= 4 is 17.2 Å². The van der Waals surface area contributed by atoms with Gasteiger partial charge < -0.3 is 14.8 Å². The molecule has 7 heteroatoms. The fourth-order valence-corrected chi connectivity index (χ4v) is 3.53. The molecule has 3 rings (SSSR count). The largest absolute Gasteiger partial charge is 0.480 e. The number of alkyl halides is 1. The van der Waals surface area contributed by atoms with E-state index in [1.807, 2.05) is 13.8 Å². The van der Waals surface area contributed by atoms with Crippen LogP contribution in [0.5, 0.6) is 11.8 Å². The van der Waals surface area contributed by atoms with Gasteiger partial charge in [-0.3, -0.25) is 4.79 Å². The lowest BCUT2D eigenvalue weighted by Crippen LogP contribution is -2.33. The minimum Gasteiger partial charge on any atom is -0.480 e. The normalized spacial score (nSPS) is 21.9. The van der Waals surface area contributed by atoms with Gasteiger partial charge in [-0.25, -0.2) is 14.4 Å². The van der Waals surface area contributed by atoms with Crippen LogP contribution in [0.4, 0.5) is 4.39 Å². The number of hydrogen-bond acceptors (Lipinski definition) is 6. The highest BCUT2D eigenvalue weighted by Crippen LogP contribution is 2.32. The van der Waals surface area contributed by atoms with E-state index in [1.54, 1.807) is 12.3 Å². The van der Waals surface area contributed by atoms with Gasteiger partial charge in [0.1, 0.15) is 18.3 Å². The molecule has 3 unspecified atom stereocenters. The Bertz CT molecular complexity index is 871. The lowest BCUT2D eigenvalue weighted by molar-refractivity contribution is 0.112. The maximum absolute atomic E-state index is 14.2. The molecule has 0 aromatic carbocycles. The summed E-state index contributed by atoms with van der Waals surface area (Å²) in [4.78, 5) is 20.1. The van der Waals surface area contributed by atoms with Crippen LogP contribution in [-0.2, 0) is 6.42 Å². The quantitative estimate of drug-likeness (QED) is 0.751. The van der Waals surface area contributed by atoms with Gasteiger partial charge in [0.2, 0.25) is 11.8 Å². The average molecular weight is 373 g/mol. The molecule has 1 aliphatic rings. The van der Waals surface area contributed by atoms with Crippen LogP contribution in [0.1, 0.15) is 36.2 Å². The molecule has 0 saturated carbocycles. The molecular formula is C20H24FN3O3. The van der Waals surface area contributed by atoms with Gasteiger partial charge in [-0.15, -0.1) is 0 Å². The predicted octanol–water partition coefficient (Wildman–Crippen LogP) is 3.24. The first-order valence-corrected chi connectivity index (χ1v) is 9.07. The van der Waals surface area contributed by atoms with E-state index in [4.69, 9.17) is 9.47 Å². The Labute approximate surface area is 157 Å². The van der Waals surface area contributed by atoms with Crippen molar-refractivity contribution in [3.8, 4) is 11.8 Å². The molecule has 0 spiro atoms. The number of ether oxygens (including phenoxy) is 2. The smallest absolute Gasteiger partial charge is 0.240 e. The average Bonchev–Trinajstić information content (AvgIpc) is 2.97. The number of nitrogens with one attached hydrogen (secondary N) is 1. The number of nitrogens with zero attached hydrogens (tertiary/aromatic N) is 2. The van der Waals surface area contributed by atoms with E-state index in [1.165, 1.54) is 7.11 Å². The second-order valence-electron chi connectivity index (χ2n) is 6.60. The van der Waals surface area contributed by atoms with Crippen LogP contribution in [0.3, 0.4) is 0 Å². The third kappa shape index (κ3) is 3.46. The molecule has 144 valence electrons. The van der Waals surface area contributed by atoms with Crippen LogP contribution < -0.4 is 14.8 Å². The number of carbonyl (C=O) groups excluding carboxylic acids is 1.